The highest BCUT2D eigenvalue weighted by molar-refractivity contribution is 6.34. The maximum atomic E-state index is 12.8. The molecule has 0 bridgehead atoms. The Balaban J connectivity index is 2.19. The van der Waals surface area contributed by atoms with Gasteiger partial charge in [0.25, 0.3) is 11.8 Å². The largest absolute Gasteiger partial charge is 0.496 e. The van der Waals surface area contributed by atoms with Gasteiger partial charge in [-0.15, -0.1) is 0 Å². The first-order valence-electron chi connectivity index (χ1n) is 8.56. The fraction of sp³-hybridized carbons (Fsp3) is 0.333. The fourth-order valence-electron chi connectivity index (χ4n) is 3.30. The lowest BCUT2D eigenvalue weighted by Gasteiger charge is -2.23. The first-order chi connectivity index (χ1) is 11.9. The van der Waals surface area contributed by atoms with Gasteiger partial charge in [0.1, 0.15) is 5.75 Å². The second-order valence-electron chi connectivity index (χ2n) is 6.96. The summed E-state index contributed by atoms with van der Waals surface area (Å²) in [4.78, 5) is 26.9. The Morgan fingerprint density at radius 2 is 1.28 bits per heavy atom. The zero-order chi connectivity index (χ0) is 18.3. The number of carbonyl (C=O) groups excluding carboxylic acids is 2. The van der Waals surface area contributed by atoms with Crippen LogP contribution in [0.2, 0.25) is 0 Å². The third-order valence-corrected chi connectivity index (χ3v) is 4.63. The van der Waals surface area contributed by atoms with E-state index in [1.807, 2.05) is 12.1 Å². The quantitative estimate of drug-likeness (QED) is 0.757. The molecular formula is C21H23NO3. The first-order valence-corrected chi connectivity index (χ1v) is 8.56. The van der Waals surface area contributed by atoms with Gasteiger partial charge >= 0.3 is 0 Å². The van der Waals surface area contributed by atoms with E-state index in [1.165, 1.54) is 4.90 Å². The number of ether oxygens (including phenoxy) is 1. The van der Waals surface area contributed by atoms with Gasteiger partial charge < -0.3 is 4.74 Å². The SMILES string of the molecule is COc1c(C(C)C)cc(N2C(=O)c3ccccc3C2=O)cc1C(C)C. The molecule has 0 saturated heterocycles. The summed E-state index contributed by atoms with van der Waals surface area (Å²) in [7, 11) is 1.66. The molecule has 130 valence electrons. The number of anilines is 1. The number of amides is 2. The highest BCUT2D eigenvalue weighted by Crippen LogP contribution is 2.40. The number of nitrogens with zero attached hydrogens (tertiary/aromatic N) is 1. The summed E-state index contributed by atoms with van der Waals surface area (Å²) in [5.74, 6) is 0.723. The number of rotatable bonds is 4. The monoisotopic (exact) mass is 337 g/mol. The van der Waals surface area contributed by atoms with E-state index in [2.05, 4.69) is 27.7 Å². The molecule has 25 heavy (non-hydrogen) atoms. The molecular weight excluding hydrogens is 314 g/mol. The number of imide groups is 1. The van der Waals surface area contributed by atoms with Gasteiger partial charge in [0, 0.05) is 0 Å². The lowest BCUT2D eigenvalue weighted by Crippen LogP contribution is -2.29. The molecule has 1 heterocycles. The molecule has 0 N–H and O–H groups in total. The standard InChI is InChI=1S/C21H23NO3/c1-12(2)17-10-14(11-18(13(3)4)19(17)25-5)22-20(23)15-8-6-7-9-16(15)21(22)24/h6-13H,1-5H3. The van der Waals surface area contributed by atoms with Crippen LogP contribution >= 0.6 is 0 Å². The Hall–Kier alpha value is -2.62. The van der Waals surface area contributed by atoms with Crippen LogP contribution in [-0.4, -0.2) is 18.9 Å². The molecule has 0 aliphatic carbocycles. The Morgan fingerprint density at radius 3 is 1.64 bits per heavy atom. The molecule has 3 rings (SSSR count). The molecule has 1 aliphatic rings. The molecule has 0 radical (unpaired) electrons. The molecule has 0 saturated carbocycles. The molecule has 0 atom stereocenters. The van der Waals surface area contributed by atoms with Crippen LogP contribution in [0.25, 0.3) is 0 Å². The third-order valence-electron chi connectivity index (χ3n) is 4.63. The summed E-state index contributed by atoms with van der Waals surface area (Å²) in [6, 6.07) is 10.8. The molecule has 4 nitrogen and oxygen atoms in total. The van der Waals surface area contributed by atoms with Crippen molar-refractivity contribution < 1.29 is 14.3 Å². The number of methoxy groups -OCH3 is 1. The Morgan fingerprint density at radius 1 is 0.840 bits per heavy atom. The van der Waals surface area contributed by atoms with E-state index in [-0.39, 0.29) is 23.7 Å². The highest BCUT2D eigenvalue weighted by atomic mass is 16.5. The van der Waals surface area contributed by atoms with Crippen LogP contribution in [0.1, 0.15) is 71.4 Å². The summed E-state index contributed by atoms with van der Waals surface area (Å²) in [6.07, 6.45) is 0. The lowest BCUT2D eigenvalue weighted by molar-refractivity contribution is 0.0926. The highest BCUT2D eigenvalue weighted by Gasteiger charge is 2.37. The van der Waals surface area contributed by atoms with Crippen LogP contribution in [0, 0.1) is 0 Å². The summed E-state index contributed by atoms with van der Waals surface area (Å²) in [5, 5.41) is 0. The minimum absolute atomic E-state index is 0.211. The van der Waals surface area contributed by atoms with Crippen LogP contribution in [-0.2, 0) is 0 Å². The number of fused-ring (bicyclic) bond motifs is 1. The van der Waals surface area contributed by atoms with E-state index in [4.69, 9.17) is 4.74 Å². The molecule has 2 aromatic carbocycles. The number of carbonyl (C=O) groups is 2. The fourth-order valence-corrected chi connectivity index (χ4v) is 3.30. The average molecular weight is 337 g/mol. The molecule has 2 aromatic rings. The van der Waals surface area contributed by atoms with E-state index in [0.29, 0.717) is 16.8 Å². The van der Waals surface area contributed by atoms with E-state index < -0.39 is 0 Å². The Labute approximate surface area is 148 Å². The van der Waals surface area contributed by atoms with Crippen LogP contribution < -0.4 is 9.64 Å². The topological polar surface area (TPSA) is 46.6 Å². The molecule has 0 fully saturated rings. The number of hydrogen-bond acceptors (Lipinski definition) is 3. The predicted octanol–water partition coefficient (Wildman–Crippen LogP) is 4.74. The Bertz CT molecular complexity index is 788. The van der Waals surface area contributed by atoms with Crippen molar-refractivity contribution in [3.63, 3.8) is 0 Å². The summed E-state index contributed by atoms with van der Waals surface area (Å²) in [6.45, 7) is 8.31. The summed E-state index contributed by atoms with van der Waals surface area (Å²) < 4.78 is 5.64. The predicted molar refractivity (Wildman–Crippen MR) is 98.8 cm³/mol. The second-order valence-corrected chi connectivity index (χ2v) is 6.96. The Kier molecular flexibility index (Phi) is 4.38. The van der Waals surface area contributed by atoms with Gasteiger partial charge in [-0.2, -0.15) is 0 Å². The van der Waals surface area contributed by atoms with Gasteiger partial charge in [-0.3, -0.25) is 9.59 Å². The van der Waals surface area contributed by atoms with Crippen LogP contribution in [0.3, 0.4) is 0 Å². The van der Waals surface area contributed by atoms with Gasteiger partial charge in [-0.25, -0.2) is 4.90 Å². The van der Waals surface area contributed by atoms with Crippen LogP contribution in [0.5, 0.6) is 5.75 Å². The van der Waals surface area contributed by atoms with Crippen molar-refractivity contribution >= 4 is 17.5 Å². The van der Waals surface area contributed by atoms with E-state index >= 15 is 0 Å². The molecule has 0 spiro atoms. The van der Waals surface area contributed by atoms with E-state index in [0.717, 1.165) is 16.9 Å². The molecule has 4 heteroatoms. The van der Waals surface area contributed by atoms with Crippen LogP contribution in [0.4, 0.5) is 5.69 Å². The van der Waals surface area contributed by atoms with Crippen molar-refractivity contribution in [2.45, 2.75) is 39.5 Å². The minimum Gasteiger partial charge on any atom is -0.496 e. The molecule has 1 aliphatic heterocycles. The minimum atomic E-state index is -0.268. The van der Waals surface area contributed by atoms with Gasteiger partial charge in [-0.05, 0) is 47.2 Å². The van der Waals surface area contributed by atoms with Crippen LogP contribution in [0.15, 0.2) is 36.4 Å². The zero-order valence-electron chi connectivity index (χ0n) is 15.3. The third kappa shape index (κ3) is 2.72. The average Bonchev–Trinajstić information content (AvgIpc) is 2.85. The van der Waals surface area contributed by atoms with Crippen molar-refractivity contribution in [3.05, 3.63) is 58.7 Å². The van der Waals surface area contributed by atoms with Crippen molar-refractivity contribution in [2.75, 3.05) is 12.0 Å². The smallest absolute Gasteiger partial charge is 0.266 e. The van der Waals surface area contributed by atoms with Crippen molar-refractivity contribution in [1.29, 1.82) is 0 Å². The van der Waals surface area contributed by atoms with Gasteiger partial charge in [0.15, 0.2) is 0 Å². The van der Waals surface area contributed by atoms with E-state index in [1.54, 1.807) is 31.4 Å². The van der Waals surface area contributed by atoms with Gasteiger partial charge in [0.05, 0.1) is 23.9 Å². The second kappa shape index (κ2) is 6.36. The molecule has 0 unspecified atom stereocenters. The van der Waals surface area contributed by atoms with Crippen molar-refractivity contribution in [2.24, 2.45) is 0 Å². The zero-order valence-corrected chi connectivity index (χ0v) is 15.3. The van der Waals surface area contributed by atoms with Gasteiger partial charge in [0.2, 0.25) is 0 Å². The maximum absolute atomic E-state index is 12.8. The first kappa shape index (κ1) is 17.2. The van der Waals surface area contributed by atoms with Crippen molar-refractivity contribution in [1.82, 2.24) is 0 Å². The molecule has 0 aromatic heterocycles. The molecule has 2 amide bonds. The van der Waals surface area contributed by atoms with Gasteiger partial charge in [-0.1, -0.05) is 39.8 Å². The lowest BCUT2D eigenvalue weighted by atomic mass is 9.92. The van der Waals surface area contributed by atoms with E-state index in [9.17, 15) is 9.59 Å². The summed E-state index contributed by atoms with van der Waals surface area (Å²) in [5.41, 5.74) is 3.53. The summed E-state index contributed by atoms with van der Waals surface area (Å²) >= 11 is 0. The number of hydrogen-bond donors (Lipinski definition) is 0. The number of benzene rings is 2. The van der Waals surface area contributed by atoms with Crippen molar-refractivity contribution in [3.8, 4) is 5.75 Å². The maximum Gasteiger partial charge on any atom is 0.266 e. The normalized spacial score (nSPS) is 13.8.